The fraction of sp³-hybridized carbons (Fsp3) is 0.240. The maximum atomic E-state index is 13.8. The third-order valence-electron chi connectivity index (χ3n) is 5.51. The number of rotatable bonds is 3. The van der Waals surface area contributed by atoms with Crippen molar-refractivity contribution in [1.82, 2.24) is 0 Å². The van der Waals surface area contributed by atoms with Crippen LogP contribution in [-0.2, 0) is 6.42 Å². The number of amides is 1. The second-order valence-electron chi connectivity index (χ2n) is 8.22. The molecule has 0 radical (unpaired) electrons. The molecule has 1 aliphatic rings. The Kier molecular flexibility index (Phi) is 5.06. The van der Waals surface area contributed by atoms with E-state index < -0.39 is 23.1 Å². The zero-order chi connectivity index (χ0) is 21.5. The Bertz CT molecular complexity index is 1100. The molecule has 1 aliphatic heterocycles. The van der Waals surface area contributed by atoms with Gasteiger partial charge in [0.15, 0.2) is 0 Å². The van der Waals surface area contributed by atoms with Crippen LogP contribution in [0.25, 0.3) is 11.1 Å². The van der Waals surface area contributed by atoms with E-state index in [2.05, 4.69) is 31.3 Å². The van der Waals surface area contributed by atoms with Crippen molar-refractivity contribution in [3.05, 3.63) is 82.9 Å². The van der Waals surface area contributed by atoms with Crippen LogP contribution in [0.4, 0.5) is 14.5 Å². The van der Waals surface area contributed by atoms with Crippen molar-refractivity contribution < 1.29 is 18.3 Å². The second kappa shape index (κ2) is 7.56. The molecule has 3 aromatic carbocycles. The van der Waals surface area contributed by atoms with E-state index in [1.54, 1.807) is 12.1 Å². The molecule has 0 bridgehead atoms. The van der Waals surface area contributed by atoms with Crippen LogP contribution in [0.5, 0.6) is 5.75 Å². The molecule has 0 aliphatic carbocycles. The van der Waals surface area contributed by atoms with Gasteiger partial charge in [0.1, 0.15) is 28.5 Å². The smallest absolute Gasteiger partial charge is 0.261 e. The first-order valence-electron chi connectivity index (χ1n) is 9.92. The van der Waals surface area contributed by atoms with Crippen LogP contribution < -0.4 is 10.1 Å². The van der Waals surface area contributed by atoms with Crippen molar-refractivity contribution in [3.63, 3.8) is 0 Å². The van der Waals surface area contributed by atoms with Crippen LogP contribution in [0.2, 0.25) is 0 Å². The van der Waals surface area contributed by atoms with E-state index in [0.29, 0.717) is 5.69 Å². The standard InChI is InChI=1S/C25H23F2NO2/c1-15-19(12-9-17-13-14-25(2,3)30-23(15)17)16-7-10-18(11-8-16)28-24(29)22-20(26)5-4-6-21(22)27/h4-12H,13-14H2,1-3H3,(H,28,29). The predicted octanol–water partition coefficient (Wildman–Crippen LogP) is 6.30. The number of fused-ring (bicyclic) bond motifs is 1. The molecule has 5 heteroatoms. The lowest BCUT2D eigenvalue weighted by atomic mass is 9.90. The Morgan fingerprint density at radius 1 is 1.00 bits per heavy atom. The fourth-order valence-corrected chi connectivity index (χ4v) is 3.80. The van der Waals surface area contributed by atoms with E-state index in [-0.39, 0.29) is 5.60 Å². The number of carbonyl (C=O) groups is 1. The summed E-state index contributed by atoms with van der Waals surface area (Å²) in [5.41, 5.74) is 3.98. The molecule has 1 heterocycles. The molecule has 1 N–H and O–H groups in total. The quantitative estimate of drug-likeness (QED) is 0.554. The summed E-state index contributed by atoms with van der Waals surface area (Å²) >= 11 is 0. The lowest BCUT2D eigenvalue weighted by molar-refractivity contribution is 0.0838. The topological polar surface area (TPSA) is 38.3 Å². The van der Waals surface area contributed by atoms with E-state index in [4.69, 9.17) is 4.74 Å². The van der Waals surface area contributed by atoms with E-state index in [1.807, 2.05) is 19.1 Å². The lowest BCUT2D eigenvalue weighted by Gasteiger charge is -2.34. The molecule has 0 atom stereocenters. The molecule has 4 rings (SSSR count). The average Bonchev–Trinajstić information content (AvgIpc) is 2.69. The molecule has 30 heavy (non-hydrogen) atoms. The molecular weight excluding hydrogens is 384 g/mol. The summed E-state index contributed by atoms with van der Waals surface area (Å²) in [6, 6.07) is 14.7. The largest absolute Gasteiger partial charge is 0.487 e. The normalized spacial score (nSPS) is 14.6. The third kappa shape index (κ3) is 3.80. The van der Waals surface area contributed by atoms with Crippen molar-refractivity contribution >= 4 is 11.6 Å². The molecule has 3 nitrogen and oxygen atoms in total. The molecule has 0 saturated heterocycles. The molecule has 0 unspecified atom stereocenters. The Labute approximate surface area is 174 Å². The van der Waals surface area contributed by atoms with E-state index in [9.17, 15) is 13.6 Å². The predicted molar refractivity (Wildman–Crippen MR) is 114 cm³/mol. The number of anilines is 1. The van der Waals surface area contributed by atoms with Gasteiger partial charge in [-0.3, -0.25) is 4.79 Å². The van der Waals surface area contributed by atoms with E-state index in [0.717, 1.165) is 47.4 Å². The SMILES string of the molecule is Cc1c(-c2ccc(NC(=O)c3c(F)cccc3F)cc2)ccc2c1OC(C)(C)CC2. The van der Waals surface area contributed by atoms with Crippen molar-refractivity contribution in [2.24, 2.45) is 0 Å². The number of benzene rings is 3. The van der Waals surface area contributed by atoms with Gasteiger partial charge in [0.2, 0.25) is 0 Å². The highest BCUT2D eigenvalue weighted by atomic mass is 19.1. The molecule has 154 valence electrons. The monoisotopic (exact) mass is 407 g/mol. The fourth-order valence-electron chi connectivity index (χ4n) is 3.80. The minimum Gasteiger partial charge on any atom is -0.487 e. The van der Waals surface area contributed by atoms with Crippen LogP contribution in [0.3, 0.4) is 0 Å². The van der Waals surface area contributed by atoms with Crippen molar-refractivity contribution in [2.45, 2.75) is 39.2 Å². The van der Waals surface area contributed by atoms with E-state index in [1.165, 1.54) is 11.6 Å². The number of carbonyl (C=O) groups excluding carboxylic acids is 1. The average molecular weight is 407 g/mol. The highest BCUT2D eigenvalue weighted by molar-refractivity contribution is 6.04. The number of halogens is 2. The highest BCUT2D eigenvalue weighted by Crippen LogP contribution is 2.40. The number of hydrogen-bond acceptors (Lipinski definition) is 2. The lowest BCUT2D eigenvalue weighted by Crippen LogP contribution is -2.33. The van der Waals surface area contributed by atoms with Crippen molar-refractivity contribution in [1.29, 1.82) is 0 Å². The Morgan fingerprint density at radius 3 is 2.33 bits per heavy atom. The summed E-state index contributed by atoms with van der Waals surface area (Å²) in [5.74, 6) is -1.66. The van der Waals surface area contributed by atoms with Gasteiger partial charge in [-0.25, -0.2) is 8.78 Å². The summed E-state index contributed by atoms with van der Waals surface area (Å²) in [4.78, 5) is 12.3. The van der Waals surface area contributed by atoms with Crippen LogP contribution >= 0.6 is 0 Å². The third-order valence-corrected chi connectivity index (χ3v) is 5.51. The summed E-state index contributed by atoms with van der Waals surface area (Å²) in [6.45, 7) is 6.24. The summed E-state index contributed by atoms with van der Waals surface area (Å²) in [5, 5.41) is 2.55. The van der Waals surface area contributed by atoms with Gasteiger partial charge < -0.3 is 10.1 Å². The van der Waals surface area contributed by atoms with Gasteiger partial charge in [0.05, 0.1) is 0 Å². The van der Waals surface area contributed by atoms with Crippen molar-refractivity contribution in [2.75, 3.05) is 5.32 Å². The molecule has 0 fully saturated rings. The first-order valence-corrected chi connectivity index (χ1v) is 9.92. The maximum absolute atomic E-state index is 13.8. The highest BCUT2D eigenvalue weighted by Gasteiger charge is 2.28. The minimum atomic E-state index is -0.892. The molecule has 1 amide bonds. The first-order chi connectivity index (χ1) is 14.2. The molecule has 0 saturated carbocycles. The van der Waals surface area contributed by atoms with Crippen LogP contribution in [0, 0.1) is 18.6 Å². The minimum absolute atomic E-state index is 0.188. The van der Waals surface area contributed by atoms with Crippen molar-refractivity contribution in [3.8, 4) is 16.9 Å². The summed E-state index contributed by atoms with van der Waals surface area (Å²) in [7, 11) is 0. The number of aryl methyl sites for hydroxylation is 1. The molecule has 0 aromatic heterocycles. The van der Waals surface area contributed by atoms with Gasteiger partial charge >= 0.3 is 0 Å². The zero-order valence-electron chi connectivity index (χ0n) is 17.2. The number of nitrogens with one attached hydrogen (secondary N) is 1. The van der Waals surface area contributed by atoms with Gasteiger partial charge in [-0.05, 0) is 80.1 Å². The van der Waals surface area contributed by atoms with Gasteiger partial charge in [0.25, 0.3) is 5.91 Å². The van der Waals surface area contributed by atoms with Gasteiger partial charge in [-0.2, -0.15) is 0 Å². The van der Waals surface area contributed by atoms with Gasteiger partial charge in [0, 0.05) is 5.69 Å². The molecular formula is C25H23F2NO2. The second-order valence-corrected chi connectivity index (χ2v) is 8.22. The maximum Gasteiger partial charge on any atom is 0.261 e. The number of ether oxygens (including phenoxy) is 1. The van der Waals surface area contributed by atoms with Crippen LogP contribution in [0.15, 0.2) is 54.6 Å². The van der Waals surface area contributed by atoms with Gasteiger partial charge in [-0.15, -0.1) is 0 Å². The van der Waals surface area contributed by atoms with Crippen LogP contribution in [0.1, 0.15) is 41.8 Å². The molecule has 0 spiro atoms. The van der Waals surface area contributed by atoms with Crippen LogP contribution in [-0.4, -0.2) is 11.5 Å². The first kappa shape index (κ1) is 20.1. The van der Waals surface area contributed by atoms with Gasteiger partial charge in [-0.1, -0.05) is 30.3 Å². The molecule has 3 aromatic rings. The summed E-state index contributed by atoms with van der Waals surface area (Å²) < 4.78 is 33.9. The summed E-state index contributed by atoms with van der Waals surface area (Å²) in [6.07, 6.45) is 1.97. The van der Waals surface area contributed by atoms with E-state index >= 15 is 0 Å². The Balaban J connectivity index is 1.58. The Hall–Kier alpha value is -3.21. The zero-order valence-corrected chi connectivity index (χ0v) is 17.2. The Morgan fingerprint density at radius 2 is 1.67 bits per heavy atom. The number of hydrogen-bond donors (Lipinski definition) is 1.